The van der Waals surface area contributed by atoms with Crippen LogP contribution in [0.15, 0.2) is 51.9 Å². The maximum atomic E-state index is 12.8. The number of carbonyl (C=O) groups excluding carboxylic acids is 1. The minimum atomic E-state index is -0.651. The molecule has 1 saturated carbocycles. The Bertz CT molecular complexity index is 1040. The summed E-state index contributed by atoms with van der Waals surface area (Å²) in [5.41, 5.74) is -0.205. The lowest BCUT2D eigenvalue weighted by atomic mass is 9.93. The third kappa shape index (κ3) is 4.00. The van der Waals surface area contributed by atoms with Gasteiger partial charge in [-0.1, -0.05) is 18.2 Å². The van der Waals surface area contributed by atoms with Crippen LogP contribution in [-0.4, -0.2) is 28.0 Å². The van der Waals surface area contributed by atoms with E-state index in [1.807, 2.05) is 6.07 Å². The second kappa shape index (κ2) is 7.75. The van der Waals surface area contributed by atoms with Crippen molar-refractivity contribution in [1.29, 1.82) is 0 Å². The Morgan fingerprint density at radius 3 is 2.61 bits per heavy atom. The molecule has 0 radical (unpaired) electrons. The lowest BCUT2D eigenvalue weighted by Gasteiger charge is -2.28. The highest BCUT2D eigenvalue weighted by Gasteiger charge is 2.25. The van der Waals surface area contributed by atoms with Gasteiger partial charge in [-0.15, -0.1) is 0 Å². The maximum absolute atomic E-state index is 12.8. The molecule has 0 atom stereocenters. The van der Waals surface area contributed by atoms with E-state index >= 15 is 0 Å². The number of para-hydroxylation sites is 1. The Morgan fingerprint density at radius 2 is 1.86 bits per heavy atom. The van der Waals surface area contributed by atoms with Crippen molar-refractivity contribution in [2.75, 3.05) is 0 Å². The summed E-state index contributed by atoms with van der Waals surface area (Å²) in [5, 5.41) is 3.60. The van der Waals surface area contributed by atoms with Crippen LogP contribution in [0, 0.1) is 5.82 Å². The van der Waals surface area contributed by atoms with Crippen molar-refractivity contribution in [3.8, 4) is 6.01 Å². The van der Waals surface area contributed by atoms with Crippen molar-refractivity contribution in [2.45, 2.75) is 37.8 Å². The van der Waals surface area contributed by atoms with Gasteiger partial charge in [-0.25, -0.2) is 19.2 Å². The average molecular weight is 383 g/mol. The molecule has 0 unspecified atom stereocenters. The molecule has 2 heterocycles. The van der Waals surface area contributed by atoms with E-state index in [0.29, 0.717) is 36.7 Å². The van der Waals surface area contributed by atoms with Crippen LogP contribution in [0.25, 0.3) is 11.0 Å². The molecule has 28 heavy (non-hydrogen) atoms. The van der Waals surface area contributed by atoms with Crippen LogP contribution in [0.2, 0.25) is 0 Å². The molecule has 7 nitrogen and oxygen atoms in total. The van der Waals surface area contributed by atoms with Gasteiger partial charge in [-0.05, 0) is 37.8 Å². The number of rotatable bonds is 4. The van der Waals surface area contributed by atoms with E-state index in [2.05, 4.69) is 15.3 Å². The van der Waals surface area contributed by atoms with Gasteiger partial charge in [-0.2, -0.15) is 0 Å². The first-order chi connectivity index (χ1) is 13.6. The molecule has 1 aliphatic rings. The number of hydrogen-bond donors (Lipinski definition) is 1. The van der Waals surface area contributed by atoms with E-state index in [-0.39, 0.29) is 23.7 Å². The zero-order valence-electron chi connectivity index (χ0n) is 14.9. The lowest BCUT2D eigenvalue weighted by molar-refractivity contribution is 0.0881. The van der Waals surface area contributed by atoms with Gasteiger partial charge >= 0.3 is 11.6 Å². The van der Waals surface area contributed by atoms with Gasteiger partial charge < -0.3 is 14.5 Å². The smallest absolute Gasteiger partial charge is 0.349 e. The standard InChI is InChI=1S/C20H18FN3O4/c21-13-10-22-20(23-11-13)27-15-7-5-14(6-8-15)24-18(25)16-9-12-3-1-2-4-17(12)28-19(16)26/h1-4,9-11,14-15H,5-8H2,(H,24,25). The second-order valence-electron chi connectivity index (χ2n) is 6.73. The second-order valence-corrected chi connectivity index (χ2v) is 6.73. The highest BCUT2D eigenvalue weighted by molar-refractivity contribution is 5.96. The predicted molar refractivity (Wildman–Crippen MR) is 98.6 cm³/mol. The number of aromatic nitrogens is 2. The van der Waals surface area contributed by atoms with Crippen LogP contribution >= 0.6 is 0 Å². The van der Waals surface area contributed by atoms with Gasteiger partial charge in [0.15, 0.2) is 5.82 Å². The molecule has 8 heteroatoms. The van der Waals surface area contributed by atoms with Crippen molar-refractivity contribution in [3.05, 3.63) is 64.5 Å². The summed E-state index contributed by atoms with van der Waals surface area (Å²) in [7, 11) is 0. The van der Waals surface area contributed by atoms with E-state index in [1.54, 1.807) is 24.3 Å². The van der Waals surface area contributed by atoms with Crippen LogP contribution in [0.3, 0.4) is 0 Å². The molecule has 0 spiro atoms. The summed E-state index contributed by atoms with van der Waals surface area (Å²) in [6.45, 7) is 0. The number of hydrogen-bond acceptors (Lipinski definition) is 6. The minimum Gasteiger partial charge on any atom is -0.460 e. The first-order valence-electron chi connectivity index (χ1n) is 9.06. The Kier molecular flexibility index (Phi) is 5.01. The minimum absolute atomic E-state index is 0.00298. The largest absolute Gasteiger partial charge is 0.460 e. The van der Waals surface area contributed by atoms with E-state index in [1.165, 1.54) is 0 Å². The van der Waals surface area contributed by atoms with Gasteiger partial charge in [0.25, 0.3) is 5.91 Å². The van der Waals surface area contributed by atoms with Crippen LogP contribution < -0.4 is 15.7 Å². The van der Waals surface area contributed by atoms with Crippen molar-refractivity contribution in [1.82, 2.24) is 15.3 Å². The molecule has 144 valence electrons. The fourth-order valence-electron chi connectivity index (χ4n) is 3.32. The van der Waals surface area contributed by atoms with Gasteiger partial charge in [0.1, 0.15) is 17.3 Å². The Labute approximate surface area is 159 Å². The van der Waals surface area contributed by atoms with Crippen LogP contribution in [0.1, 0.15) is 36.0 Å². The predicted octanol–water partition coefficient (Wildman–Crippen LogP) is 2.84. The molecule has 1 aliphatic carbocycles. The lowest BCUT2D eigenvalue weighted by Crippen LogP contribution is -2.41. The van der Waals surface area contributed by atoms with Gasteiger partial charge in [0, 0.05) is 11.4 Å². The topological polar surface area (TPSA) is 94.3 Å². The van der Waals surface area contributed by atoms with E-state index < -0.39 is 17.3 Å². The normalized spacial score (nSPS) is 19.3. The zero-order chi connectivity index (χ0) is 19.5. The molecule has 0 saturated heterocycles. The quantitative estimate of drug-likeness (QED) is 0.696. The summed E-state index contributed by atoms with van der Waals surface area (Å²) in [4.78, 5) is 32.2. The number of ether oxygens (including phenoxy) is 1. The van der Waals surface area contributed by atoms with Crippen LogP contribution in [-0.2, 0) is 0 Å². The number of amides is 1. The van der Waals surface area contributed by atoms with Crippen LogP contribution in [0.5, 0.6) is 6.01 Å². The summed E-state index contributed by atoms with van der Waals surface area (Å²) < 4.78 is 23.7. The zero-order valence-corrected chi connectivity index (χ0v) is 14.9. The molecule has 0 bridgehead atoms. The van der Waals surface area contributed by atoms with Crippen LogP contribution in [0.4, 0.5) is 4.39 Å². The SMILES string of the molecule is O=C(NC1CCC(Oc2ncc(F)cn2)CC1)c1cc2ccccc2oc1=O. The Balaban J connectivity index is 1.35. The van der Waals surface area contributed by atoms with E-state index in [4.69, 9.17) is 9.15 Å². The molecule has 1 aromatic carbocycles. The van der Waals surface area contributed by atoms with Gasteiger partial charge in [0.2, 0.25) is 0 Å². The number of nitrogens with zero attached hydrogens (tertiary/aromatic N) is 2. The van der Waals surface area contributed by atoms with Gasteiger partial charge in [0.05, 0.1) is 12.4 Å². The molecular weight excluding hydrogens is 365 g/mol. The average Bonchev–Trinajstić information content (AvgIpc) is 2.70. The molecule has 2 aromatic heterocycles. The number of nitrogens with one attached hydrogen (secondary N) is 1. The summed E-state index contributed by atoms with van der Waals surface area (Å²) >= 11 is 0. The summed E-state index contributed by atoms with van der Waals surface area (Å²) in [6, 6.07) is 8.69. The molecule has 1 amide bonds. The maximum Gasteiger partial charge on any atom is 0.349 e. The summed E-state index contributed by atoms with van der Waals surface area (Å²) in [6.07, 6.45) is 4.79. The fraction of sp³-hybridized carbons (Fsp3) is 0.300. The fourth-order valence-corrected chi connectivity index (χ4v) is 3.32. The highest BCUT2D eigenvalue weighted by atomic mass is 19.1. The van der Waals surface area contributed by atoms with Crippen molar-refractivity contribution in [3.63, 3.8) is 0 Å². The van der Waals surface area contributed by atoms with Crippen molar-refractivity contribution >= 4 is 16.9 Å². The molecule has 3 aromatic rings. The third-order valence-electron chi connectivity index (χ3n) is 4.76. The summed E-state index contributed by atoms with van der Waals surface area (Å²) in [5.74, 6) is -0.956. The number of carbonyl (C=O) groups is 1. The molecule has 1 fully saturated rings. The Hall–Kier alpha value is -3.29. The molecular formula is C20H18FN3O4. The first kappa shape index (κ1) is 18.1. The number of halogens is 1. The first-order valence-corrected chi connectivity index (χ1v) is 9.06. The number of fused-ring (bicyclic) bond motifs is 1. The van der Waals surface area contributed by atoms with Crippen molar-refractivity contribution in [2.24, 2.45) is 0 Å². The molecule has 1 N–H and O–H groups in total. The van der Waals surface area contributed by atoms with Gasteiger partial charge in [-0.3, -0.25) is 4.79 Å². The van der Waals surface area contributed by atoms with E-state index in [0.717, 1.165) is 12.4 Å². The monoisotopic (exact) mass is 383 g/mol. The number of benzene rings is 1. The molecule has 0 aliphatic heterocycles. The van der Waals surface area contributed by atoms with Crippen molar-refractivity contribution < 1.29 is 18.3 Å². The van der Waals surface area contributed by atoms with E-state index in [9.17, 15) is 14.0 Å². The third-order valence-corrected chi connectivity index (χ3v) is 4.76. The molecule has 4 rings (SSSR count). The Morgan fingerprint density at radius 1 is 1.14 bits per heavy atom. The highest BCUT2D eigenvalue weighted by Crippen LogP contribution is 2.22.